The third-order valence-corrected chi connectivity index (χ3v) is 4.93. The summed E-state index contributed by atoms with van der Waals surface area (Å²) in [5.41, 5.74) is 1.22. The molecule has 0 spiro atoms. The molecule has 2 aromatic carbocycles. The first-order valence-electron chi connectivity index (χ1n) is 9.10. The molecule has 0 saturated carbocycles. The van der Waals surface area contributed by atoms with E-state index in [1.807, 2.05) is 30.3 Å². The van der Waals surface area contributed by atoms with Gasteiger partial charge in [-0.1, -0.05) is 30.3 Å². The number of ether oxygens (including phenoxy) is 1. The van der Waals surface area contributed by atoms with Crippen molar-refractivity contribution in [3.05, 3.63) is 95.5 Å². The highest BCUT2D eigenvalue weighted by molar-refractivity contribution is 6.46. The Morgan fingerprint density at radius 1 is 1.03 bits per heavy atom. The van der Waals surface area contributed by atoms with Gasteiger partial charge in [0.05, 0.1) is 31.5 Å². The molecule has 0 bridgehead atoms. The van der Waals surface area contributed by atoms with Gasteiger partial charge in [0, 0.05) is 5.56 Å². The SMILES string of the molecule is COc1ccc(/C(O)=C2/C(=O)C(=O)N(Cc3ccco3)C2c2ccccc2)cc1. The Kier molecular flexibility index (Phi) is 4.91. The molecule has 1 aromatic heterocycles. The van der Waals surface area contributed by atoms with Crippen molar-refractivity contribution in [2.75, 3.05) is 7.11 Å². The fraction of sp³-hybridized carbons (Fsp3) is 0.130. The maximum Gasteiger partial charge on any atom is 0.296 e. The molecule has 1 unspecified atom stereocenters. The molecule has 1 aliphatic rings. The second-order valence-corrected chi connectivity index (χ2v) is 6.65. The fourth-order valence-corrected chi connectivity index (χ4v) is 3.50. The summed E-state index contributed by atoms with van der Waals surface area (Å²) in [5.74, 6) is -0.442. The molecule has 4 rings (SSSR count). The maximum atomic E-state index is 12.9. The number of carbonyl (C=O) groups excluding carboxylic acids is 2. The van der Waals surface area contributed by atoms with E-state index in [0.29, 0.717) is 17.1 Å². The van der Waals surface area contributed by atoms with Gasteiger partial charge in [0.2, 0.25) is 0 Å². The molecule has 1 amide bonds. The van der Waals surface area contributed by atoms with Crippen molar-refractivity contribution in [1.82, 2.24) is 4.90 Å². The Morgan fingerprint density at radius 3 is 2.38 bits per heavy atom. The lowest BCUT2D eigenvalue weighted by molar-refractivity contribution is -0.140. The molecule has 1 atom stereocenters. The Hall–Kier alpha value is -3.80. The Balaban J connectivity index is 1.83. The molecule has 3 aromatic rings. The molecule has 1 saturated heterocycles. The highest BCUT2D eigenvalue weighted by Crippen LogP contribution is 2.40. The number of hydrogen-bond acceptors (Lipinski definition) is 5. The summed E-state index contributed by atoms with van der Waals surface area (Å²) in [6, 6.07) is 18.6. The standard InChI is InChI=1S/C23H19NO5/c1-28-17-11-9-16(10-12-17)21(25)19-20(15-6-3-2-4-7-15)24(23(27)22(19)26)14-18-8-5-13-29-18/h2-13,20,25H,14H2,1H3/b21-19-. The first kappa shape index (κ1) is 18.6. The topological polar surface area (TPSA) is 80.0 Å². The molecule has 0 radical (unpaired) electrons. The quantitative estimate of drug-likeness (QED) is 0.407. The number of nitrogens with zero attached hydrogens (tertiary/aromatic N) is 1. The van der Waals surface area contributed by atoms with Gasteiger partial charge in [-0.05, 0) is 42.0 Å². The van der Waals surface area contributed by atoms with Crippen LogP contribution in [0, 0.1) is 0 Å². The number of likely N-dealkylation sites (tertiary alicyclic amines) is 1. The Labute approximate surface area is 167 Å². The molecule has 6 nitrogen and oxygen atoms in total. The van der Waals surface area contributed by atoms with Crippen molar-refractivity contribution >= 4 is 17.4 Å². The van der Waals surface area contributed by atoms with Crippen LogP contribution in [0.3, 0.4) is 0 Å². The number of hydrogen-bond donors (Lipinski definition) is 1. The molecule has 0 aliphatic carbocycles. The summed E-state index contributed by atoms with van der Waals surface area (Å²) >= 11 is 0. The van der Waals surface area contributed by atoms with E-state index in [0.717, 1.165) is 5.56 Å². The van der Waals surface area contributed by atoms with E-state index < -0.39 is 17.7 Å². The lowest BCUT2D eigenvalue weighted by atomic mass is 9.95. The molecule has 1 fully saturated rings. The predicted octanol–water partition coefficient (Wildman–Crippen LogP) is 3.91. The maximum absolute atomic E-state index is 12.9. The van der Waals surface area contributed by atoms with Gasteiger partial charge in [0.15, 0.2) is 0 Å². The molecule has 1 N–H and O–H groups in total. The molecule has 6 heteroatoms. The number of benzene rings is 2. The smallest absolute Gasteiger partial charge is 0.296 e. The molecule has 29 heavy (non-hydrogen) atoms. The van der Waals surface area contributed by atoms with Crippen LogP contribution in [0.15, 0.2) is 83.0 Å². The predicted molar refractivity (Wildman–Crippen MR) is 106 cm³/mol. The van der Waals surface area contributed by atoms with Gasteiger partial charge in [-0.15, -0.1) is 0 Å². The summed E-state index contributed by atoms with van der Waals surface area (Å²) in [6.45, 7) is 0.122. The van der Waals surface area contributed by atoms with Gasteiger partial charge in [0.25, 0.3) is 11.7 Å². The number of aliphatic hydroxyl groups excluding tert-OH is 1. The Morgan fingerprint density at radius 2 is 1.76 bits per heavy atom. The number of amides is 1. The summed E-state index contributed by atoms with van der Waals surface area (Å²) in [6.07, 6.45) is 1.51. The zero-order valence-corrected chi connectivity index (χ0v) is 15.7. The van der Waals surface area contributed by atoms with Crippen molar-refractivity contribution in [3.8, 4) is 5.75 Å². The van der Waals surface area contributed by atoms with Gasteiger partial charge in [-0.25, -0.2) is 0 Å². The van der Waals surface area contributed by atoms with Crippen LogP contribution in [0.25, 0.3) is 5.76 Å². The summed E-state index contributed by atoms with van der Waals surface area (Å²) in [4.78, 5) is 27.2. The number of ketones is 1. The molecular formula is C23H19NO5. The Bertz CT molecular complexity index is 1050. The first-order valence-corrected chi connectivity index (χ1v) is 9.10. The van der Waals surface area contributed by atoms with E-state index in [4.69, 9.17) is 9.15 Å². The van der Waals surface area contributed by atoms with Gasteiger partial charge >= 0.3 is 0 Å². The van der Waals surface area contributed by atoms with E-state index in [1.54, 1.807) is 43.5 Å². The largest absolute Gasteiger partial charge is 0.507 e. The van der Waals surface area contributed by atoms with Gasteiger partial charge in [-0.3, -0.25) is 9.59 Å². The molecule has 146 valence electrons. The molecular weight excluding hydrogens is 370 g/mol. The van der Waals surface area contributed by atoms with Crippen LogP contribution >= 0.6 is 0 Å². The van der Waals surface area contributed by atoms with E-state index in [-0.39, 0.29) is 17.9 Å². The van der Waals surface area contributed by atoms with Crippen LogP contribution in [0.4, 0.5) is 0 Å². The van der Waals surface area contributed by atoms with E-state index >= 15 is 0 Å². The van der Waals surface area contributed by atoms with Crippen LogP contribution in [0.2, 0.25) is 0 Å². The number of carbonyl (C=O) groups is 2. The zero-order valence-electron chi connectivity index (χ0n) is 15.7. The average Bonchev–Trinajstić information content (AvgIpc) is 3.36. The number of Topliss-reactive ketones (excluding diaryl/α,β-unsaturated/α-hetero) is 1. The molecule has 2 heterocycles. The van der Waals surface area contributed by atoms with Crippen LogP contribution in [-0.4, -0.2) is 28.8 Å². The minimum Gasteiger partial charge on any atom is -0.507 e. The third-order valence-electron chi connectivity index (χ3n) is 4.93. The average molecular weight is 389 g/mol. The van der Waals surface area contributed by atoms with Crippen LogP contribution < -0.4 is 4.74 Å². The third kappa shape index (κ3) is 3.40. The van der Waals surface area contributed by atoms with Gasteiger partial charge < -0.3 is 19.2 Å². The summed E-state index contributed by atoms with van der Waals surface area (Å²) in [7, 11) is 1.55. The molecule has 1 aliphatic heterocycles. The monoisotopic (exact) mass is 389 g/mol. The van der Waals surface area contributed by atoms with Crippen molar-refractivity contribution in [1.29, 1.82) is 0 Å². The van der Waals surface area contributed by atoms with E-state index in [2.05, 4.69) is 0 Å². The highest BCUT2D eigenvalue weighted by atomic mass is 16.5. The fourth-order valence-electron chi connectivity index (χ4n) is 3.50. The number of rotatable bonds is 5. The van der Waals surface area contributed by atoms with Crippen LogP contribution in [0.1, 0.15) is 22.9 Å². The van der Waals surface area contributed by atoms with Crippen LogP contribution in [-0.2, 0) is 16.1 Å². The van der Waals surface area contributed by atoms with Crippen molar-refractivity contribution in [3.63, 3.8) is 0 Å². The second kappa shape index (κ2) is 7.67. The lowest BCUT2D eigenvalue weighted by Crippen LogP contribution is -2.29. The van der Waals surface area contributed by atoms with E-state index in [1.165, 1.54) is 11.2 Å². The van der Waals surface area contributed by atoms with Gasteiger partial charge in [-0.2, -0.15) is 0 Å². The number of methoxy groups -OCH3 is 1. The van der Waals surface area contributed by atoms with Crippen LogP contribution in [0.5, 0.6) is 5.75 Å². The van der Waals surface area contributed by atoms with Crippen molar-refractivity contribution < 1.29 is 23.8 Å². The normalized spacial score (nSPS) is 18.2. The van der Waals surface area contributed by atoms with Crippen molar-refractivity contribution in [2.24, 2.45) is 0 Å². The highest BCUT2D eigenvalue weighted by Gasteiger charge is 2.46. The lowest BCUT2D eigenvalue weighted by Gasteiger charge is -2.24. The summed E-state index contributed by atoms with van der Waals surface area (Å²) < 4.78 is 10.5. The van der Waals surface area contributed by atoms with Crippen molar-refractivity contribution in [2.45, 2.75) is 12.6 Å². The zero-order chi connectivity index (χ0) is 20.4. The second-order valence-electron chi connectivity index (χ2n) is 6.65. The number of furan rings is 1. The minimum absolute atomic E-state index is 0.0536. The minimum atomic E-state index is -0.723. The van der Waals surface area contributed by atoms with E-state index in [9.17, 15) is 14.7 Å². The van der Waals surface area contributed by atoms with Gasteiger partial charge in [0.1, 0.15) is 17.3 Å². The number of aliphatic hydroxyl groups is 1. The summed E-state index contributed by atoms with van der Waals surface area (Å²) in [5, 5.41) is 11.0. The first-order chi connectivity index (χ1) is 14.1.